The molecule has 0 amide bonds. The minimum Gasteiger partial charge on any atom is -0.396 e. The van der Waals surface area contributed by atoms with Crippen LogP contribution in [-0.4, -0.2) is 11.7 Å². The van der Waals surface area contributed by atoms with Crippen molar-refractivity contribution in [2.45, 2.75) is 6.04 Å². The molecule has 68 valence electrons. The molecule has 1 aromatic rings. The Labute approximate surface area is 74.3 Å². The Balaban J connectivity index is 2.91. The van der Waals surface area contributed by atoms with E-state index in [0.29, 0.717) is 5.56 Å². The lowest BCUT2D eigenvalue weighted by Gasteiger charge is -2.06. The van der Waals surface area contributed by atoms with Crippen molar-refractivity contribution in [3.63, 3.8) is 0 Å². The van der Waals surface area contributed by atoms with Crippen LogP contribution < -0.4 is 0 Å². The minimum absolute atomic E-state index is 0.282. The molecule has 13 heavy (non-hydrogen) atoms. The number of nitrogens with zero attached hydrogens (tertiary/aromatic N) is 3. The Kier molecular flexibility index (Phi) is 3.25. The number of benzene rings is 1. The number of rotatable bonds is 3. The SMILES string of the molecule is [N-]=[N+]=N[C@@H](CO)c1ccc(F)cc1. The van der Waals surface area contributed by atoms with Gasteiger partial charge in [0.05, 0.1) is 12.6 Å². The number of azide groups is 1. The molecule has 0 radical (unpaired) electrons. The van der Waals surface area contributed by atoms with E-state index in [1.807, 2.05) is 0 Å². The molecular weight excluding hydrogens is 173 g/mol. The summed E-state index contributed by atoms with van der Waals surface area (Å²) in [5.74, 6) is -0.360. The smallest absolute Gasteiger partial charge is 0.123 e. The number of aliphatic hydroxyl groups excluding tert-OH is 1. The van der Waals surface area contributed by atoms with Gasteiger partial charge >= 0.3 is 0 Å². The molecule has 0 aliphatic carbocycles. The fourth-order valence-electron chi connectivity index (χ4n) is 0.956. The number of aliphatic hydroxyl groups is 1. The van der Waals surface area contributed by atoms with E-state index in [0.717, 1.165) is 0 Å². The molecule has 0 bridgehead atoms. The zero-order valence-electron chi connectivity index (χ0n) is 6.76. The highest BCUT2D eigenvalue weighted by Crippen LogP contribution is 2.16. The van der Waals surface area contributed by atoms with Gasteiger partial charge in [-0.3, -0.25) is 0 Å². The molecule has 1 aromatic carbocycles. The summed E-state index contributed by atoms with van der Waals surface area (Å²) in [5.41, 5.74) is 8.76. The summed E-state index contributed by atoms with van der Waals surface area (Å²) in [6.45, 7) is -0.282. The van der Waals surface area contributed by atoms with E-state index in [9.17, 15) is 4.39 Å². The molecule has 0 aliphatic heterocycles. The summed E-state index contributed by atoms with van der Waals surface area (Å²) in [6, 6.07) is 4.83. The van der Waals surface area contributed by atoms with Gasteiger partial charge in [0.2, 0.25) is 0 Å². The van der Waals surface area contributed by atoms with E-state index >= 15 is 0 Å². The van der Waals surface area contributed by atoms with Gasteiger partial charge in [-0.05, 0) is 23.2 Å². The van der Waals surface area contributed by atoms with Crippen LogP contribution in [0, 0.1) is 5.82 Å². The fraction of sp³-hybridized carbons (Fsp3) is 0.250. The van der Waals surface area contributed by atoms with Crippen LogP contribution in [0.5, 0.6) is 0 Å². The van der Waals surface area contributed by atoms with Crippen LogP contribution >= 0.6 is 0 Å². The molecule has 1 N–H and O–H groups in total. The molecule has 0 spiro atoms. The summed E-state index contributed by atoms with van der Waals surface area (Å²) in [5, 5.41) is 12.2. The fourth-order valence-corrected chi connectivity index (χ4v) is 0.956. The zero-order chi connectivity index (χ0) is 9.68. The summed E-state index contributed by atoms with van der Waals surface area (Å²) < 4.78 is 12.5. The normalized spacial score (nSPS) is 11.8. The van der Waals surface area contributed by atoms with E-state index in [4.69, 9.17) is 10.6 Å². The second kappa shape index (κ2) is 4.45. The van der Waals surface area contributed by atoms with Crippen LogP contribution in [0.15, 0.2) is 29.4 Å². The van der Waals surface area contributed by atoms with Gasteiger partial charge in [-0.25, -0.2) is 4.39 Å². The van der Waals surface area contributed by atoms with Crippen molar-refractivity contribution in [2.75, 3.05) is 6.61 Å². The predicted molar refractivity (Wildman–Crippen MR) is 45.4 cm³/mol. The molecule has 0 aromatic heterocycles. The van der Waals surface area contributed by atoms with Gasteiger partial charge in [0, 0.05) is 4.91 Å². The molecule has 0 heterocycles. The molecule has 0 unspecified atom stereocenters. The van der Waals surface area contributed by atoms with Crippen molar-refractivity contribution in [1.82, 2.24) is 0 Å². The Morgan fingerprint density at radius 2 is 2.08 bits per heavy atom. The van der Waals surface area contributed by atoms with Crippen LogP contribution in [0.2, 0.25) is 0 Å². The molecule has 0 aliphatic rings. The maximum atomic E-state index is 12.5. The number of halogens is 1. The van der Waals surface area contributed by atoms with Crippen LogP contribution in [0.3, 0.4) is 0 Å². The Morgan fingerprint density at radius 1 is 1.46 bits per heavy atom. The van der Waals surface area contributed by atoms with Crippen molar-refractivity contribution in [3.8, 4) is 0 Å². The van der Waals surface area contributed by atoms with E-state index < -0.39 is 6.04 Å². The van der Waals surface area contributed by atoms with Crippen molar-refractivity contribution in [3.05, 3.63) is 46.1 Å². The first-order chi connectivity index (χ1) is 6.27. The van der Waals surface area contributed by atoms with Gasteiger partial charge in [-0.15, -0.1) is 0 Å². The lowest BCUT2D eigenvalue weighted by atomic mass is 10.1. The third-order valence-electron chi connectivity index (χ3n) is 1.62. The first-order valence-corrected chi connectivity index (χ1v) is 3.68. The van der Waals surface area contributed by atoms with Gasteiger partial charge in [0.15, 0.2) is 0 Å². The minimum atomic E-state index is -0.634. The van der Waals surface area contributed by atoms with E-state index in [-0.39, 0.29) is 12.4 Å². The first kappa shape index (κ1) is 9.51. The Bertz CT molecular complexity index is 319. The molecule has 1 atom stereocenters. The number of hydrogen-bond donors (Lipinski definition) is 1. The first-order valence-electron chi connectivity index (χ1n) is 3.68. The summed E-state index contributed by atoms with van der Waals surface area (Å²) in [4.78, 5) is 2.58. The Hall–Kier alpha value is -1.58. The van der Waals surface area contributed by atoms with Gasteiger partial charge in [0.1, 0.15) is 5.82 Å². The second-order valence-electron chi connectivity index (χ2n) is 2.45. The van der Waals surface area contributed by atoms with E-state index in [2.05, 4.69) is 10.0 Å². The highest BCUT2D eigenvalue weighted by Gasteiger charge is 2.06. The Morgan fingerprint density at radius 3 is 2.54 bits per heavy atom. The molecule has 0 fully saturated rings. The van der Waals surface area contributed by atoms with Crippen molar-refractivity contribution < 1.29 is 9.50 Å². The van der Waals surface area contributed by atoms with Crippen LogP contribution in [0.1, 0.15) is 11.6 Å². The summed E-state index contributed by atoms with van der Waals surface area (Å²) >= 11 is 0. The largest absolute Gasteiger partial charge is 0.396 e. The predicted octanol–water partition coefficient (Wildman–Crippen LogP) is 2.17. The molecule has 5 heteroatoms. The molecular formula is C8H8FN3O. The topological polar surface area (TPSA) is 69.0 Å². The van der Waals surface area contributed by atoms with Crippen molar-refractivity contribution in [2.24, 2.45) is 5.11 Å². The lowest BCUT2D eigenvalue weighted by molar-refractivity contribution is 0.268. The van der Waals surface area contributed by atoms with Crippen LogP contribution in [0.25, 0.3) is 10.4 Å². The quantitative estimate of drug-likeness (QED) is 0.433. The maximum Gasteiger partial charge on any atom is 0.123 e. The van der Waals surface area contributed by atoms with Crippen molar-refractivity contribution in [1.29, 1.82) is 0 Å². The van der Waals surface area contributed by atoms with Crippen LogP contribution in [0.4, 0.5) is 4.39 Å². The summed E-state index contributed by atoms with van der Waals surface area (Å²) in [7, 11) is 0. The second-order valence-corrected chi connectivity index (χ2v) is 2.45. The van der Waals surface area contributed by atoms with Crippen molar-refractivity contribution >= 4 is 0 Å². The van der Waals surface area contributed by atoms with Gasteiger partial charge in [-0.2, -0.15) is 0 Å². The lowest BCUT2D eigenvalue weighted by Crippen LogP contribution is -1.99. The van der Waals surface area contributed by atoms with Crippen LogP contribution in [-0.2, 0) is 0 Å². The monoisotopic (exact) mass is 181 g/mol. The average Bonchev–Trinajstić information content (AvgIpc) is 2.16. The third kappa shape index (κ3) is 2.43. The molecule has 0 saturated heterocycles. The number of hydrogen-bond acceptors (Lipinski definition) is 2. The molecule has 4 nitrogen and oxygen atoms in total. The average molecular weight is 181 g/mol. The molecule has 1 rings (SSSR count). The molecule has 0 saturated carbocycles. The zero-order valence-corrected chi connectivity index (χ0v) is 6.76. The summed E-state index contributed by atoms with van der Waals surface area (Å²) in [6.07, 6.45) is 0. The van der Waals surface area contributed by atoms with Gasteiger partial charge < -0.3 is 5.11 Å². The van der Waals surface area contributed by atoms with E-state index in [1.54, 1.807) is 0 Å². The van der Waals surface area contributed by atoms with E-state index in [1.165, 1.54) is 24.3 Å². The maximum absolute atomic E-state index is 12.5. The highest BCUT2D eigenvalue weighted by atomic mass is 19.1. The standard InChI is InChI=1S/C8H8FN3O/c9-7-3-1-6(2-4-7)8(5-13)11-12-10/h1-4,8,13H,5H2/t8-/m0/s1. The highest BCUT2D eigenvalue weighted by molar-refractivity contribution is 5.20. The van der Waals surface area contributed by atoms with Gasteiger partial charge in [-0.1, -0.05) is 17.2 Å². The van der Waals surface area contributed by atoms with Gasteiger partial charge in [0.25, 0.3) is 0 Å². The third-order valence-corrected chi connectivity index (χ3v) is 1.62.